The molecule has 5 nitrogen and oxygen atoms in total. The second-order valence-electron chi connectivity index (χ2n) is 7.47. The van der Waals surface area contributed by atoms with Gasteiger partial charge in [-0.3, -0.25) is 0 Å². The first-order valence-corrected chi connectivity index (χ1v) is 8.64. The molecule has 0 aromatic rings. The van der Waals surface area contributed by atoms with E-state index in [1.165, 1.54) is 12.8 Å². The lowest BCUT2D eigenvalue weighted by Crippen LogP contribution is -2.48. The van der Waals surface area contributed by atoms with Crippen molar-refractivity contribution in [3.8, 4) is 0 Å². The Bertz CT molecular complexity index is 341. The molecule has 0 aromatic carbocycles. The van der Waals surface area contributed by atoms with Crippen molar-refractivity contribution in [2.75, 3.05) is 33.2 Å². The molecule has 1 heterocycles. The summed E-state index contributed by atoms with van der Waals surface area (Å²) in [4.78, 5) is 16.4. The number of carbonyl (C=O) groups is 1. The highest BCUT2D eigenvalue weighted by Gasteiger charge is 2.24. The van der Waals surface area contributed by atoms with Crippen LogP contribution in [-0.4, -0.2) is 66.8 Å². The zero-order valence-corrected chi connectivity index (χ0v) is 15.3. The van der Waals surface area contributed by atoms with Crippen molar-refractivity contribution < 1.29 is 9.53 Å². The maximum Gasteiger partial charge on any atom is 0.410 e. The summed E-state index contributed by atoms with van der Waals surface area (Å²) in [6.07, 6.45) is 3.11. The van der Waals surface area contributed by atoms with Gasteiger partial charge < -0.3 is 19.9 Å². The Hall–Kier alpha value is -0.810. The second-order valence-corrected chi connectivity index (χ2v) is 7.47. The maximum absolute atomic E-state index is 12.2. The third kappa shape index (κ3) is 6.97. The van der Waals surface area contributed by atoms with Crippen LogP contribution in [0.25, 0.3) is 0 Å². The fourth-order valence-corrected chi connectivity index (χ4v) is 2.77. The topological polar surface area (TPSA) is 44.8 Å². The molecular weight excluding hydrogens is 278 g/mol. The summed E-state index contributed by atoms with van der Waals surface area (Å²) in [5, 5.41) is 3.60. The number of likely N-dealkylation sites (tertiary alicyclic amines) is 1. The number of amides is 1. The molecule has 0 spiro atoms. The highest BCUT2D eigenvalue weighted by atomic mass is 16.6. The molecule has 0 saturated carbocycles. The lowest BCUT2D eigenvalue weighted by Gasteiger charge is -2.36. The molecule has 5 heteroatoms. The zero-order valence-electron chi connectivity index (χ0n) is 15.3. The van der Waals surface area contributed by atoms with Gasteiger partial charge in [-0.25, -0.2) is 4.79 Å². The van der Waals surface area contributed by atoms with E-state index in [9.17, 15) is 4.79 Å². The highest BCUT2D eigenvalue weighted by Crippen LogP contribution is 2.15. The average Bonchev–Trinajstić information content (AvgIpc) is 2.40. The summed E-state index contributed by atoms with van der Waals surface area (Å²) in [5.41, 5.74) is -0.431. The molecule has 130 valence electrons. The van der Waals surface area contributed by atoms with E-state index >= 15 is 0 Å². The Morgan fingerprint density at radius 3 is 2.59 bits per heavy atom. The summed E-state index contributed by atoms with van der Waals surface area (Å²) in [5.74, 6) is 0. The molecule has 1 rings (SSSR count). The molecule has 1 aliphatic rings. The van der Waals surface area contributed by atoms with Gasteiger partial charge in [-0.05, 0) is 60.5 Å². The van der Waals surface area contributed by atoms with Crippen LogP contribution in [0, 0.1) is 0 Å². The first-order chi connectivity index (χ1) is 10.2. The van der Waals surface area contributed by atoms with Crippen molar-refractivity contribution in [3.63, 3.8) is 0 Å². The van der Waals surface area contributed by atoms with Gasteiger partial charge in [-0.1, -0.05) is 6.92 Å². The molecule has 0 aliphatic carbocycles. The smallest absolute Gasteiger partial charge is 0.410 e. The van der Waals surface area contributed by atoms with Crippen LogP contribution in [0.2, 0.25) is 0 Å². The standard InChI is InChI=1S/C17H35N3O2/c1-7-10-20(16(21)22-17(3,4)5)12-9-18-15-8-11-19(6)14(2)13-15/h14-15,18H,7-13H2,1-6H3. The number of hydrogen-bond donors (Lipinski definition) is 1. The summed E-state index contributed by atoms with van der Waals surface area (Å²) >= 11 is 0. The number of rotatable bonds is 6. The lowest BCUT2D eigenvalue weighted by molar-refractivity contribution is 0.0249. The molecular formula is C17H35N3O2. The van der Waals surface area contributed by atoms with Gasteiger partial charge in [-0.15, -0.1) is 0 Å². The number of ether oxygens (including phenoxy) is 1. The highest BCUT2D eigenvalue weighted by molar-refractivity contribution is 5.68. The Morgan fingerprint density at radius 1 is 1.36 bits per heavy atom. The summed E-state index contributed by atoms with van der Waals surface area (Å²) in [7, 11) is 2.19. The molecule has 1 N–H and O–H groups in total. The Morgan fingerprint density at radius 2 is 2.05 bits per heavy atom. The van der Waals surface area contributed by atoms with Crippen molar-refractivity contribution in [1.29, 1.82) is 0 Å². The van der Waals surface area contributed by atoms with E-state index in [1.807, 2.05) is 25.7 Å². The Balaban J connectivity index is 2.36. The molecule has 1 fully saturated rings. The lowest BCUT2D eigenvalue weighted by atomic mass is 9.99. The predicted octanol–water partition coefficient (Wildman–Crippen LogP) is 2.71. The fourth-order valence-electron chi connectivity index (χ4n) is 2.77. The van der Waals surface area contributed by atoms with E-state index in [2.05, 4.69) is 31.1 Å². The fraction of sp³-hybridized carbons (Fsp3) is 0.941. The average molecular weight is 313 g/mol. The molecule has 0 bridgehead atoms. The van der Waals surface area contributed by atoms with Crippen LogP contribution in [0.15, 0.2) is 0 Å². The monoisotopic (exact) mass is 313 g/mol. The van der Waals surface area contributed by atoms with E-state index in [4.69, 9.17) is 4.74 Å². The van der Waals surface area contributed by atoms with E-state index in [0.717, 1.165) is 26.1 Å². The number of piperidine rings is 1. The van der Waals surface area contributed by atoms with Gasteiger partial charge in [0, 0.05) is 31.7 Å². The minimum atomic E-state index is -0.431. The van der Waals surface area contributed by atoms with Crippen molar-refractivity contribution in [3.05, 3.63) is 0 Å². The molecule has 0 radical (unpaired) electrons. The van der Waals surface area contributed by atoms with Crippen LogP contribution in [0.5, 0.6) is 0 Å². The van der Waals surface area contributed by atoms with E-state index in [-0.39, 0.29) is 6.09 Å². The third-order valence-corrected chi connectivity index (χ3v) is 4.17. The van der Waals surface area contributed by atoms with Gasteiger partial charge in [-0.2, -0.15) is 0 Å². The SMILES string of the molecule is CCCN(CCNC1CCN(C)C(C)C1)C(=O)OC(C)(C)C. The quantitative estimate of drug-likeness (QED) is 0.819. The predicted molar refractivity (Wildman–Crippen MR) is 91.2 cm³/mol. The minimum Gasteiger partial charge on any atom is -0.444 e. The van der Waals surface area contributed by atoms with Gasteiger partial charge in [0.15, 0.2) is 0 Å². The molecule has 1 amide bonds. The van der Waals surface area contributed by atoms with E-state index in [1.54, 1.807) is 0 Å². The van der Waals surface area contributed by atoms with Crippen LogP contribution in [-0.2, 0) is 4.74 Å². The minimum absolute atomic E-state index is 0.201. The molecule has 2 atom stereocenters. The third-order valence-electron chi connectivity index (χ3n) is 4.17. The largest absolute Gasteiger partial charge is 0.444 e. The van der Waals surface area contributed by atoms with Crippen LogP contribution in [0.3, 0.4) is 0 Å². The van der Waals surface area contributed by atoms with Crippen molar-refractivity contribution in [1.82, 2.24) is 15.1 Å². The van der Waals surface area contributed by atoms with Crippen LogP contribution in [0.4, 0.5) is 4.79 Å². The van der Waals surface area contributed by atoms with Crippen molar-refractivity contribution in [2.24, 2.45) is 0 Å². The first kappa shape index (κ1) is 19.2. The second kappa shape index (κ2) is 8.73. The van der Waals surface area contributed by atoms with Crippen LogP contribution < -0.4 is 5.32 Å². The molecule has 1 saturated heterocycles. The van der Waals surface area contributed by atoms with Gasteiger partial charge in [0.25, 0.3) is 0 Å². The zero-order chi connectivity index (χ0) is 16.8. The normalized spacial score (nSPS) is 23.4. The first-order valence-electron chi connectivity index (χ1n) is 8.64. The number of nitrogens with one attached hydrogen (secondary N) is 1. The Labute approximate surface area is 136 Å². The summed E-state index contributed by atoms with van der Waals surface area (Å²) in [6, 6.07) is 1.19. The van der Waals surface area contributed by atoms with Crippen molar-refractivity contribution >= 4 is 6.09 Å². The molecule has 2 unspecified atom stereocenters. The van der Waals surface area contributed by atoms with Gasteiger partial charge in [0.2, 0.25) is 0 Å². The maximum atomic E-state index is 12.2. The van der Waals surface area contributed by atoms with E-state index < -0.39 is 5.60 Å². The number of nitrogens with zero attached hydrogens (tertiary/aromatic N) is 2. The number of carbonyl (C=O) groups excluding carboxylic acids is 1. The molecule has 0 aromatic heterocycles. The Kier molecular flexibility index (Phi) is 7.63. The molecule has 22 heavy (non-hydrogen) atoms. The number of hydrogen-bond acceptors (Lipinski definition) is 4. The van der Waals surface area contributed by atoms with Crippen LogP contribution in [0.1, 0.15) is 53.9 Å². The summed E-state index contributed by atoms with van der Waals surface area (Å²) < 4.78 is 5.48. The van der Waals surface area contributed by atoms with Gasteiger partial charge in [0.1, 0.15) is 5.60 Å². The molecule has 1 aliphatic heterocycles. The van der Waals surface area contributed by atoms with Gasteiger partial charge >= 0.3 is 6.09 Å². The van der Waals surface area contributed by atoms with Crippen LogP contribution >= 0.6 is 0 Å². The van der Waals surface area contributed by atoms with Crippen molar-refractivity contribution in [2.45, 2.75) is 71.6 Å². The van der Waals surface area contributed by atoms with E-state index in [0.29, 0.717) is 18.6 Å². The summed E-state index contributed by atoms with van der Waals surface area (Å²) in [6.45, 7) is 13.5. The van der Waals surface area contributed by atoms with Gasteiger partial charge in [0.05, 0.1) is 0 Å².